The molecule has 0 radical (unpaired) electrons. The summed E-state index contributed by atoms with van der Waals surface area (Å²) in [6.45, 7) is 7.23. The number of carbonyl (C=O) groups is 1. The Morgan fingerprint density at radius 2 is 1.95 bits per heavy atom. The van der Waals surface area contributed by atoms with Gasteiger partial charge in [-0.15, -0.1) is 0 Å². The van der Waals surface area contributed by atoms with Crippen LogP contribution >= 0.6 is 0 Å². The molecule has 0 aliphatic carbocycles. The van der Waals surface area contributed by atoms with Gasteiger partial charge >= 0.3 is 0 Å². The quantitative estimate of drug-likeness (QED) is 0.712. The van der Waals surface area contributed by atoms with Crippen molar-refractivity contribution in [3.05, 3.63) is 0 Å². The van der Waals surface area contributed by atoms with E-state index in [-0.39, 0.29) is 11.9 Å². The van der Waals surface area contributed by atoms with Crippen LogP contribution in [0.4, 0.5) is 0 Å². The Morgan fingerprint density at radius 3 is 2.81 bits per heavy atom. The molecule has 1 amide bonds. The standard InChI is InChI=1S/C16H32N4O/c17-8-3-1-5-10-19-11-6-12-20(14-13-19)15-7-2-4-9-18-16(15)21/h15H,1-14,17H2,(H,18,21). The summed E-state index contributed by atoms with van der Waals surface area (Å²) in [5.41, 5.74) is 5.54. The zero-order valence-electron chi connectivity index (χ0n) is 13.4. The second kappa shape index (κ2) is 9.38. The van der Waals surface area contributed by atoms with Crippen LogP contribution in [0.3, 0.4) is 0 Å². The molecule has 2 saturated heterocycles. The van der Waals surface area contributed by atoms with Crippen molar-refractivity contribution in [1.29, 1.82) is 0 Å². The summed E-state index contributed by atoms with van der Waals surface area (Å²) in [5.74, 6) is 0.254. The van der Waals surface area contributed by atoms with Crippen LogP contribution in [-0.2, 0) is 4.79 Å². The number of rotatable bonds is 6. The first-order valence-electron chi connectivity index (χ1n) is 8.75. The molecule has 0 saturated carbocycles. The minimum Gasteiger partial charge on any atom is -0.355 e. The van der Waals surface area contributed by atoms with Gasteiger partial charge < -0.3 is 16.0 Å². The largest absolute Gasteiger partial charge is 0.355 e. The fourth-order valence-electron chi connectivity index (χ4n) is 3.45. The zero-order chi connectivity index (χ0) is 14.9. The summed E-state index contributed by atoms with van der Waals surface area (Å²) in [6.07, 6.45) is 8.14. The first-order chi connectivity index (χ1) is 10.3. The van der Waals surface area contributed by atoms with E-state index >= 15 is 0 Å². The van der Waals surface area contributed by atoms with Gasteiger partial charge in [0.25, 0.3) is 0 Å². The number of carbonyl (C=O) groups excluding carboxylic acids is 1. The van der Waals surface area contributed by atoms with Crippen molar-refractivity contribution in [2.24, 2.45) is 5.73 Å². The number of hydrogen-bond acceptors (Lipinski definition) is 4. The average Bonchev–Trinajstić information content (AvgIpc) is 2.84. The highest BCUT2D eigenvalue weighted by molar-refractivity contribution is 5.81. The second-order valence-electron chi connectivity index (χ2n) is 6.38. The highest BCUT2D eigenvalue weighted by atomic mass is 16.2. The summed E-state index contributed by atoms with van der Waals surface area (Å²) in [6, 6.07) is 0.115. The first-order valence-corrected chi connectivity index (χ1v) is 8.75. The van der Waals surface area contributed by atoms with Gasteiger partial charge in [0.2, 0.25) is 5.91 Å². The van der Waals surface area contributed by atoms with Crippen molar-refractivity contribution in [2.75, 3.05) is 45.8 Å². The highest BCUT2D eigenvalue weighted by Gasteiger charge is 2.28. The molecule has 0 aromatic carbocycles. The lowest BCUT2D eigenvalue weighted by Gasteiger charge is -2.28. The molecular formula is C16H32N4O. The number of hydrogen-bond donors (Lipinski definition) is 2. The van der Waals surface area contributed by atoms with Crippen molar-refractivity contribution >= 4 is 5.91 Å². The van der Waals surface area contributed by atoms with Gasteiger partial charge in [-0.05, 0) is 58.2 Å². The Morgan fingerprint density at radius 1 is 1.05 bits per heavy atom. The van der Waals surface area contributed by atoms with E-state index < -0.39 is 0 Å². The van der Waals surface area contributed by atoms with Crippen LogP contribution in [0.1, 0.15) is 44.9 Å². The summed E-state index contributed by atoms with van der Waals surface area (Å²) in [4.78, 5) is 17.2. The molecule has 122 valence electrons. The predicted molar refractivity (Wildman–Crippen MR) is 86.2 cm³/mol. The third-order valence-electron chi connectivity index (χ3n) is 4.75. The van der Waals surface area contributed by atoms with E-state index in [0.717, 1.165) is 52.0 Å². The Bertz CT molecular complexity index is 311. The van der Waals surface area contributed by atoms with Crippen LogP contribution in [0.25, 0.3) is 0 Å². The fourth-order valence-corrected chi connectivity index (χ4v) is 3.45. The topological polar surface area (TPSA) is 61.6 Å². The molecule has 1 unspecified atom stereocenters. The molecule has 3 N–H and O–H groups in total. The summed E-state index contributed by atoms with van der Waals surface area (Å²) < 4.78 is 0. The normalized spacial score (nSPS) is 26.1. The molecule has 0 bridgehead atoms. The molecule has 5 heteroatoms. The summed E-state index contributed by atoms with van der Waals surface area (Å²) in [7, 11) is 0. The molecule has 2 rings (SSSR count). The monoisotopic (exact) mass is 296 g/mol. The van der Waals surface area contributed by atoms with Gasteiger partial charge in [0.05, 0.1) is 6.04 Å². The molecule has 0 spiro atoms. The minimum atomic E-state index is 0.115. The van der Waals surface area contributed by atoms with Gasteiger partial charge in [0.15, 0.2) is 0 Å². The molecule has 1 atom stereocenters. The number of amides is 1. The van der Waals surface area contributed by atoms with Crippen LogP contribution in [0.15, 0.2) is 0 Å². The van der Waals surface area contributed by atoms with Gasteiger partial charge in [-0.3, -0.25) is 9.69 Å². The van der Waals surface area contributed by atoms with Crippen LogP contribution in [0.2, 0.25) is 0 Å². The average molecular weight is 296 g/mol. The highest BCUT2D eigenvalue weighted by Crippen LogP contribution is 2.15. The maximum absolute atomic E-state index is 12.2. The molecule has 0 aromatic rings. The SMILES string of the molecule is NCCCCCN1CCCN(C2CCCCNC2=O)CC1. The van der Waals surface area contributed by atoms with Crippen molar-refractivity contribution in [3.8, 4) is 0 Å². The van der Waals surface area contributed by atoms with E-state index in [1.165, 1.54) is 38.8 Å². The van der Waals surface area contributed by atoms with E-state index in [4.69, 9.17) is 5.73 Å². The minimum absolute atomic E-state index is 0.115. The second-order valence-corrected chi connectivity index (χ2v) is 6.38. The van der Waals surface area contributed by atoms with E-state index in [0.29, 0.717) is 0 Å². The first kappa shape index (κ1) is 16.7. The molecule has 2 fully saturated rings. The molecule has 5 nitrogen and oxygen atoms in total. The van der Waals surface area contributed by atoms with Crippen molar-refractivity contribution < 1.29 is 4.79 Å². The van der Waals surface area contributed by atoms with Gasteiger partial charge in [0.1, 0.15) is 0 Å². The predicted octanol–water partition coefficient (Wildman–Crippen LogP) is 0.792. The number of unbranched alkanes of at least 4 members (excludes halogenated alkanes) is 2. The van der Waals surface area contributed by atoms with Crippen molar-refractivity contribution in [3.63, 3.8) is 0 Å². The summed E-state index contributed by atoms with van der Waals surface area (Å²) in [5, 5.41) is 3.07. The van der Waals surface area contributed by atoms with Crippen molar-refractivity contribution in [1.82, 2.24) is 15.1 Å². The lowest BCUT2D eigenvalue weighted by atomic mass is 10.1. The molecule has 2 aliphatic heterocycles. The Balaban J connectivity index is 1.75. The lowest BCUT2D eigenvalue weighted by molar-refractivity contribution is -0.126. The molecule has 0 aromatic heterocycles. The van der Waals surface area contributed by atoms with Crippen LogP contribution in [0.5, 0.6) is 0 Å². The van der Waals surface area contributed by atoms with Crippen LogP contribution in [-0.4, -0.2) is 67.6 Å². The third-order valence-corrected chi connectivity index (χ3v) is 4.75. The van der Waals surface area contributed by atoms with E-state index in [2.05, 4.69) is 15.1 Å². The van der Waals surface area contributed by atoms with Gasteiger partial charge in [0, 0.05) is 26.2 Å². The number of nitrogens with two attached hydrogens (primary N) is 1. The van der Waals surface area contributed by atoms with Crippen molar-refractivity contribution in [2.45, 2.75) is 51.0 Å². The van der Waals surface area contributed by atoms with E-state index in [1.54, 1.807) is 0 Å². The van der Waals surface area contributed by atoms with E-state index in [1.807, 2.05) is 0 Å². The lowest BCUT2D eigenvalue weighted by Crippen LogP contribution is -2.47. The molecular weight excluding hydrogens is 264 g/mol. The third kappa shape index (κ3) is 5.57. The van der Waals surface area contributed by atoms with Crippen LogP contribution < -0.4 is 11.1 Å². The number of nitrogens with zero attached hydrogens (tertiary/aromatic N) is 2. The smallest absolute Gasteiger partial charge is 0.237 e. The molecule has 2 heterocycles. The molecule has 21 heavy (non-hydrogen) atoms. The number of nitrogens with one attached hydrogen (secondary N) is 1. The van der Waals surface area contributed by atoms with E-state index in [9.17, 15) is 4.79 Å². The molecule has 2 aliphatic rings. The Labute approximate surface area is 129 Å². The Kier molecular flexibility index (Phi) is 7.47. The van der Waals surface area contributed by atoms with Gasteiger partial charge in [-0.2, -0.15) is 0 Å². The maximum atomic E-state index is 12.2. The maximum Gasteiger partial charge on any atom is 0.237 e. The Hall–Kier alpha value is -0.650. The van der Waals surface area contributed by atoms with Gasteiger partial charge in [-0.25, -0.2) is 0 Å². The zero-order valence-corrected chi connectivity index (χ0v) is 13.4. The van der Waals surface area contributed by atoms with Gasteiger partial charge in [-0.1, -0.05) is 6.42 Å². The van der Waals surface area contributed by atoms with Crippen LogP contribution in [0, 0.1) is 0 Å². The fraction of sp³-hybridized carbons (Fsp3) is 0.938. The summed E-state index contributed by atoms with van der Waals surface area (Å²) >= 11 is 0.